The van der Waals surface area contributed by atoms with Crippen molar-refractivity contribution in [3.63, 3.8) is 0 Å². The second-order valence-electron chi connectivity index (χ2n) is 6.02. The summed E-state index contributed by atoms with van der Waals surface area (Å²) >= 11 is 0. The third-order valence-corrected chi connectivity index (χ3v) is 3.81. The number of hydrogen-bond donors (Lipinski definition) is 1. The number of rotatable bonds is 7. The van der Waals surface area contributed by atoms with Crippen molar-refractivity contribution < 1.29 is 14.3 Å². The Morgan fingerprint density at radius 1 is 0.962 bits per heavy atom. The van der Waals surface area contributed by atoms with E-state index >= 15 is 0 Å². The van der Waals surface area contributed by atoms with E-state index in [9.17, 15) is 9.59 Å². The average Bonchev–Trinajstić information content (AvgIpc) is 2.61. The van der Waals surface area contributed by atoms with Crippen LogP contribution in [-0.2, 0) is 9.59 Å². The van der Waals surface area contributed by atoms with Gasteiger partial charge in [0.15, 0.2) is 0 Å². The van der Waals surface area contributed by atoms with E-state index in [0.717, 1.165) is 11.4 Å². The molecule has 138 valence electrons. The molecule has 0 aliphatic heterocycles. The van der Waals surface area contributed by atoms with E-state index in [1.807, 2.05) is 50.2 Å². The van der Waals surface area contributed by atoms with Gasteiger partial charge in [-0.3, -0.25) is 9.59 Å². The van der Waals surface area contributed by atoms with Crippen molar-refractivity contribution >= 4 is 28.9 Å². The summed E-state index contributed by atoms with van der Waals surface area (Å²) in [6.07, 6.45) is 0. The molecule has 2 amide bonds. The smallest absolute Gasteiger partial charge is 0.244 e. The zero-order valence-corrected chi connectivity index (χ0v) is 15.7. The van der Waals surface area contributed by atoms with Gasteiger partial charge in [0.05, 0.1) is 6.61 Å². The molecule has 0 saturated heterocycles. The maximum Gasteiger partial charge on any atom is 0.244 e. The molecule has 0 atom stereocenters. The van der Waals surface area contributed by atoms with Gasteiger partial charge in [0.1, 0.15) is 12.3 Å². The first-order chi connectivity index (χ1) is 12.4. The van der Waals surface area contributed by atoms with E-state index in [1.54, 1.807) is 24.3 Å². The summed E-state index contributed by atoms with van der Waals surface area (Å²) < 4.78 is 5.40. The van der Waals surface area contributed by atoms with Crippen LogP contribution in [0.5, 0.6) is 5.75 Å². The van der Waals surface area contributed by atoms with Crippen LogP contribution in [0.4, 0.5) is 17.1 Å². The Balaban J connectivity index is 2.04. The molecule has 0 saturated carbocycles. The highest BCUT2D eigenvalue weighted by atomic mass is 16.5. The standard InChI is InChI=1S/C20H25N3O3/c1-5-26-19-12-10-18(11-13-19)23(15(2)24)14-20(25)21-16-6-8-17(9-7-16)22(3)4/h6-13H,5,14H2,1-4H3,(H,21,25). The van der Waals surface area contributed by atoms with Gasteiger partial charge in [-0.2, -0.15) is 0 Å². The molecular formula is C20H25N3O3. The molecule has 0 aliphatic rings. The van der Waals surface area contributed by atoms with Crippen molar-refractivity contribution in [1.29, 1.82) is 0 Å². The number of anilines is 3. The zero-order valence-electron chi connectivity index (χ0n) is 15.7. The first kappa shape index (κ1) is 19.3. The van der Waals surface area contributed by atoms with Crippen LogP contribution in [0.25, 0.3) is 0 Å². The Hall–Kier alpha value is -3.02. The predicted molar refractivity (Wildman–Crippen MR) is 105 cm³/mol. The van der Waals surface area contributed by atoms with Gasteiger partial charge in [0.2, 0.25) is 11.8 Å². The van der Waals surface area contributed by atoms with E-state index in [1.165, 1.54) is 11.8 Å². The molecule has 0 aliphatic carbocycles. The highest BCUT2D eigenvalue weighted by Crippen LogP contribution is 2.20. The van der Waals surface area contributed by atoms with Gasteiger partial charge in [-0.1, -0.05) is 0 Å². The molecular weight excluding hydrogens is 330 g/mol. The lowest BCUT2D eigenvalue weighted by Crippen LogP contribution is -2.36. The first-order valence-corrected chi connectivity index (χ1v) is 8.49. The zero-order chi connectivity index (χ0) is 19.1. The molecule has 0 bridgehead atoms. The third kappa shape index (κ3) is 5.24. The summed E-state index contributed by atoms with van der Waals surface area (Å²) in [5.74, 6) is 0.268. The molecule has 0 unspecified atom stereocenters. The Bertz CT molecular complexity index is 740. The number of ether oxygens (including phenoxy) is 1. The van der Waals surface area contributed by atoms with E-state index < -0.39 is 0 Å². The topological polar surface area (TPSA) is 61.9 Å². The molecule has 2 rings (SSSR count). The van der Waals surface area contributed by atoms with Crippen LogP contribution in [0.1, 0.15) is 13.8 Å². The quantitative estimate of drug-likeness (QED) is 0.829. The second-order valence-corrected chi connectivity index (χ2v) is 6.02. The van der Waals surface area contributed by atoms with E-state index in [0.29, 0.717) is 18.0 Å². The van der Waals surface area contributed by atoms with Crippen molar-refractivity contribution in [1.82, 2.24) is 0 Å². The number of hydrogen-bond acceptors (Lipinski definition) is 4. The molecule has 0 heterocycles. The molecule has 0 radical (unpaired) electrons. The maximum atomic E-state index is 12.3. The van der Waals surface area contributed by atoms with Crippen LogP contribution in [0, 0.1) is 0 Å². The minimum Gasteiger partial charge on any atom is -0.494 e. The largest absolute Gasteiger partial charge is 0.494 e. The van der Waals surface area contributed by atoms with Crippen LogP contribution in [0.15, 0.2) is 48.5 Å². The van der Waals surface area contributed by atoms with Gasteiger partial charge in [-0.15, -0.1) is 0 Å². The SMILES string of the molecule is CCOc1ccc(N(CC(=O)Nc2ccc(N(C)C)cc2)C(C)=O)cc1. The Labute approximate surface area is 154 Å². The van der Waals surface area contributed by atoms with Crippen molar-refractivity contribution in [2.24, 2.45) is 0 Å². The molecule has 6 nitrogen and oxygen atoms in total. The number of nitrogens with zero attached hydrogens (tertiary/aromatic N) is 2. The summed E-state index contributed by atoms with van der Waals surface area (Å²) in [5, 5.41) is 2.82. The number of nitrogens with one attached hydrogen (secondary N) is 1. The molecule has 2 aromatic rings. The van der Waals surface area contributed by atoms with E-state index in [-0.39, 0.29) is 18.4 Å². The molecule has 2 aromatic carbocycles. The average molecular weight is 355 g/mol. The van der Waals surface area contributed by atoms with Crippen LogP contribution >= 0.6 is 0 Å². The molecule has 6 heteroatoms. The van der Waals surface area contributed by atoms with Gasteiger partial charge in [-0.05, 0) is 55.5 Å². The predicted octanol–water partition coefficient (Wildman–Crippen LogP) is 3.14. The summed E-state index contributed by atoms with van der Waals surface area (Å²) in [4.78, 5) is 27.7. The Morgan fingerprint density at radius 2 is 1.54 bits per heavy atom. The Kier molecular flexibility index (Phi) is 6.60. The highest BCUT2D eigenvalue weighted by Gasteiger charge is 2.16. The molecule has 0 spiro atoms. The fourth-order valence-electron chi connectivity index (χ4n) is 2.46. The van der Waals surface area contributed by atoms with Crippen LogP contribution in [0.3, 0.4) is 0 Å². The van der Waals surface area contributed by atoms with Crippen molar-refractivity contribution in [2.75, 3.05) is 42.4 Å². The highest BCUT2D eigenvalue weighted by molar-refractivity contribution is 6.01. The van der Waals surface area contributed by atoms with Gasteiger partial charge >= 0.3 is 0 Å². The lowest BCUT2D eigenvalue weighted by atomic mass is 10.2. The van der Waals surface area contributed by atoms with Crippen LogP contribution in [0.2, 0.25) is 0 Å². The van der Waals surface area contributed by atoms with Gasteiger partial charge in [0.25, 0.3) is 0 Å². The third-order valence-electron chi connectivity index (χ3n) is 3.81. The second kappa shape index (κ2) is 8.89. The van der Waals surface area contributed by atoms with E-state index in [4.69, 9.17) is 4.74 Å². The van der Waals surface area contributed by atoms with E-state index in [2.05, 4.69) is 5.32 Å². The monoisotopic (exact) mass is 355 g/mol. The Morgan fingerprint density at radius 3 is 2.04 bits per heavy atom. The minimum absolute atomic E-state index is 0.0568. The number of carbonyl (C=O) groups excluding carboxylic acids is 2. The fourth-order valence-corrected chi connectivity index (χ4v) is 2.46. The normalized spacial score (nSPS) is 10.2. The summed E-state index contributed by atoms with van der Waals surface area (Å²) in [6, 6.07) is 14.6. The first-order valence-electron chi connectivity index (χ1n) is 8.49. The summed E-state index contributed by atoms with van der Waals surface area (Å²) in [7, 11) is 3.91. The van der Waals surface area contributed by atoms with Gasteiger partial charge < -0.3 is 19.9 Å². The lowest BCUT2D eigenvalue weighted by Gasteiger charge is -2.21. The fraction of sp³-hybridized carbons (Fsp3) is 0.300. The minimum atomic E-state index is -0.258. The van der Waals surface area contributed by atoms with Gasteiger partial charge in [0, 0.05) is 38.1 Å². The van der Waals surface area contributed by atoms with Crippen molar-refractivity contribution in [3.8, 4) is 5.75 Å². The molecule has 0 fully saturated rings. The molecule has 0 aromatic heterocycles. The number of carbonyl (C=O) groups is 2. The summed E-state index contributed by atoms with van der Waals surface area (Å²) in [5.41, 5.74) is 2.39. The summed E-state index contributed by atoms with van der Waals surface area (Å²) in [6.45, 7) is 3.87. The van der Waals surface area contributed by atoms with Crippen molar-refractivity contribution in [2.45, 2.75) is 13.8 Å². The number of benzene rings is 2. The number of amides is 2. The van der Waals surface area contributed by atoms with Crippen LogP contribution in [-0.4, -0.2) is 39.1 Å². The maximum absolute atomic E-state index is 12.3. The van der Waals surface area contributed by atoms with Crippen molar-refractivity contribution in [3.05, 3.63) is 48.5 Å². The molecule has 1 N–H and O–H groups in total. The van der Waals surface area contributed by atoms with Gasteiger partial charge in [-0.25, -0.2) is 0 Å². The molecule has 26 heavy (non-hydrogen) atoms. The lowest BCUT2D eigenvalue weighted by molar-refractivity contribution is -0.120. The van der Waals surface area contributed by atoms with Crippen LogP contribution < -0.4 is 19.9 Å².